The largest absolute Gasteiger partial charge is 0.387 e. The molecule has 0 aliphatic rings. The van der Waals surface area contributed by atoms with Gasteiger partial charge in [-0.2, -0.15) is 0 Å². The van der Waals surface area contributed by atoms with Gasteiger partial charge < -0.3 is 5.11 Å². The van der Waals surface area contributed by atoms with Gasteiger partial charge in [-0.1, -0.05) is 36.8 Å². The Hall–Kier alpha value is -0.910. The monoisotopic (exact) mass is 285 g/mol. The Bertz CT molecular complexity index is 482. The van der Waals surface area contributed by atoms with Crippen molar-refractivity contribution >= 4 is 9.84 Å². The minimum Gasteiger partial charge on any atom is -0.387 e. The lowest BCUT2D eigenvalue weighted by Gasteiger charge is -2.23. The van der Waals surface area contributed by atoms with E-state index in [-0.39, 0.29) is 5.75 Å². The third-order valence-corrected chi connectivity index (χ3v) is 4.04. The molecule has 0 aliphatic heterocycles. The van der Waals surface area contributed by atoms with Crippen LogP contribution < -0.4 is 0 Å². The molecular formula is C14H23NO3S. The zero-order valence-electron chi connectivity index (χ0n) is 11.8. The molecule has 1 aromatic carbocycles. The third kappa shape index (κ3) is 6.18. The highest BCUT2D eigenvalue weighted by Gasteiger charge is 2.14. The first kappa shape index (κ1) is 16.1. The Morgan fingerprint density at radius 3 is 2.32 bits per heavy atom. The number of sulfone groups is 1. The molecule has 0 fully saturated rings. The fraction of sp³-hybridized carbons (Fsp3) is 0.571. The van der Waals surface area contributed by atoms with Gasteiger partial charge in [0.15, 0.2) is 0 Å². The van der Waals surface area contributed by atoms with Crippen molar-refractivity contribution in [2.45, 2.75) is 20.0 Å². The molecule has 108 valence electrons. The first-order valence-corrected chi connectivity index (χ1v) is 8.52. The van der Waals surface area contributed by atoms with Crippen LogP contribution in [0.4, 0.5) is 0 Å². The van der Waals surface area contributed by atoms with Crippen molar-refractivity contribution in [2.24, 2.45) is 0 Å². The maximum Gasteiger partial charge on any atom is 0.148 e. The maximum atomic E-state index is 11.2. The average molecular weight is 285 g/mol. The number of aryl methyl sites for hydroxylation is 1. The van der Waals surface area contributed by atoms with Crippen LogP contribution in [0.15, 0.2) is 24.3 Å². The number of hydrogen-bond acceptors (Lipinski definition) is 4. The lowest BCUT2D eigenvalue weighted by atomic mass is 10.1. The molecule has 0 saturated heterocycles. The lowest BCUT2D eigenvalue weighted by Crippen LogP contribution is -2.32. The van der Waals surface area contributed by atoms with Crippen molar-refractivity contribution in [2.75, 3.05) is 31.6 Å². The molecule has 0 heterocycles. The molecule has 0 unspecified atom stereocenters. The van der Waals surface area contributed by atoms with Gasteiger partial charge in [0.1, 0.15) is 9.84 Å². The molecule has 0 aliphatic carbocycles. The smallest absolute Gasteiger partial charge is 0.148 e. The van der Waals surface area contributed by atoms with Gasteiger partial charge in [0.2, 0.25) is 0 Å². The van der Waals surface area contributed by atoms with Gasteiger partial charge in [-0.15, -0.1) is 0 Å². The normalized spacial score (nSPS) is 13.7. The van der Waals surface area contributed by atoms with Crippen LogP contribution in [0.2, 0.25) is 0 Å². The number of aliphatic hydroxyl groups excluding tert-OH is 1. The second-order valence-electron chi connectivity index (χ2n) is 4.95. The molecule has 1 atom stereocenters. The van der Waals surface area contributed by atoms with Crippen molar-refractivity contribution in [3.8, 4) is 0 Å². The molecule has 19 heavy (non-hydrogen) atoms. The fourth-order valence-corrected chi connectivity index (χ4v) is 2.40. The summed E-state index contributed by atoms with van der Waals surface area (Å²) in [6.45, 7) is 5.59. The summed E-state index contributed by atoms with van der Waals surface area (Å²) in [5.41, 5.74) is 2.02. The average Bonchev–Trinajstić information content (AvgIpc) is 2.34. The summed E-state index contributed by atoms with van der Waals surface area (Å²) in [6.07, 6.45) is 0.650. The van der Waals surface area contributed by atoms with E-state index in [0.717, 1.165) is 17.7 Å². The molecule has 0 amide bonds. The Labute approximate surface area is 116 Å². The van der Waals surface area contributed by atoms with E-state index in [1.165, 1.54) is 6.26 Å². The summed E-state index contributed by atoms with van der Waals surface area (Å²) in [4.78, 5) is 1.95. The molecule has 4 nitrogen and oxygen atoms in total. The summed E-state index contributed by atoms with van der Waals surface area (Å²) in [5, 5.41) is 10.2. The Morgan fingerprint density at radius 1 is 1.26 bits per heavy atom. The van der Waals surface area contributed by atoms with Gasteiger partial charge in [0, 0.05) is 19.3 Å². The molecule has 0 radical (unpaired) electrons. The van der Waals surface area contributed by atoms with Crippen LogP contribution in [0.25, 0.3) is 0 Å². The highest BCUT2D eigenvalue weighted by molar-refractivity contribution is 7.90. The predicted octanol–water partition coefficient (Wildman–Crippen LogP) is 1.39. The predicted molar refractivity (Wildman–Crippen MR) is 78.0 cm³/mol. The second-order valence-corrected chi connectivity index (χ2v) is 7.21. The van der Waals surface area contributed by atoms with E-state index < -0.39 is 15.9 Å². The SMILES string of the molecule is CCN(CCS(C)(=O)=O)C[C@H](O)c1ccc(C)cc1. The summed E-state index contributed by atoms with van der Waals surface area (Å²) < 4.78 is 22.3. The van der Waals surface area contributed by atoms with E-state index in [4.69, 9.17) is 0 Å². The van der Waals surface area contributed by atoms with Crippen LogP contribution in [-0.4, -0.2) is 50.1 Å². The van der Waals surface area contributed by atoms with Crippen molar-refractivity contribution in [3.63, 3.8) is 0 Å². The molecule has 0 saturated carbocycles. The van der Waals surface area contributed by atoms with Crippen molar-refractivity contribution in [1.29, 1.82) is 0 Å². The molecule has 1 aromatic rings. The quantitative estimate of drug-likeness (QED) is 0.822. The van der Waals surface area contributed by atoms with Crippen LogP contribution in [0.3, 0.4) is 0 Å². The van der Waals surface area contributed by atoms with E-state index in [2.05, 4.69) is 0 Å². The zero-order valence-corrected chi connectivity index (χ0v) is 12.7. The summed E-state index contributed by atoms with van der Waals surface area (Å²) >= 11 is 0. The van der Waals surface area contributed by atoms with E-state index in [9.17, 15) is 13.5 Å². The van der Waals surface area contributed by atoms with Crippen molar-refractivity contribution in [3.05, 3.63) is 35.4 Å². The number of nitrogens with zero attached hydrogens (tertiary/aromatic N) is 1. The molecule has 1 rings (SSSR count). The first-order valence-electron chi connectivity index (χ1n) is 6.46. The first-order chi connectivity index (χ1) is 8.81. The Kier molecular flexibility index (Phi) is 5.97. The summed E-state index contributed by atoms with van der Waals surface area (Å²) in [7, 11) is -2.96. The van der Waals surface area contributed by atoms with Gasteiger partial charge in [-0.3, -0.25) is 4.90 Å². The number of rotatable bonds is 7. The second kappa shape index (κ2) is 7.03. The van der Waals surface area contributed by atoms with Crippen LogP contribution in [0.5, 0.6) is 0 Å². The topological polar surface area (TPSA) is 57.6 Å². The highest BCUT2D eigenvalue weighted by Crippen LogP contribution is 2.15. The molecule has 5 heteroatoms. The number of aliphatic hydroxyl groups is 1. The molecule has 0 spiro atoms. The molecule has 0 bridgehead atoms. The van der Waals surface area contributed by atoms with Crippen LogP contribution in [-0.2, 0) is 9.84 Å². The Balaban J connectivity index is 2.57. The van der Waals surface area contributed by atoms with Gasteiger partial charge in [-0.05, 0) is 19.0 Å². The van der Waals surface area contributed by atoms with Gasteiger partial charge in [0.25, 0.3) is 0 Å². The lowest BCUT2D eigenvalue weighted by molar-refractivity contribution is 0.119. The minimum atomic E-state index is -2.96. The van der Waals surface area contributed by atoms with Gasteiger partial charge >= 0.3 is 0 Å². The molecular weight excluding hydrogens is 262 g/mol. The zero-order chi connectivity index (χ0) is 14.5. The van der Waals surface area contributed by atoms with Crippen LogP contribution >= 0.6 is 0 Å². The van der Waals surface area contributed by atoms with Gasteiger partial charge in [0.05, 0.1) is 11.9 Å². The number of hydrogen-bond donors (Lipinski definition) is 1. The van der Waals surface area contributed by atoms with Gasteiger partial charge in [-0.25, -0.2) is 8.42 Å². The maximum absolute atomic E-state index is 11.2. The summed E-state index contributed by atoms with van der Waals surface area (Å²) in [5.74, 6) is 0.126. The van der Waals surface area contributed by atoms with E-state index in [0.29, 0.717) is 13.1 Å². The number of benzene rings is 1. The van der Waals surface area contributed by atoms with Crippen molar-refractivity contribution < 1.29 is 13.5 Å². The highest BCUT2D eigenvalue weighted by atomic mass is 32.2. The van der Waals surface area contributed by atoms with Crippen LogP contribution in [0, 0.1) is 6.92 Å². The van der Waals surface area contributed by atoms with E-state index in [1.807, 2.05) is 43.0 Å². The van der Waals surface area contributed by atoms with E-state index in [1.54, 1.807) is 0 Å². The fourth-order valence-electron chi connectivity index (χ4n) is 1.81. The number of likely N-dealkylation sites (N-methyl/N-ethyl adjacent to an activating group) is 1. The Morgan fingerprint density at radius 2 is 1.84 bits per heavy atom. The summed E-state index contributed by atoms with van der Waals surface area (Å²) in [6, 6.07) is 7.74. The molecule has 0 aromatic heterocycles. The standard InChI is InChI=1S/C14H23NO3S/c1-4-15(9-10-19(3,17)18)11-14(16)13-7-5-12(2)6-8-13/h5-8,14,16H,4,9-11H2,1-3H3/t14-/m0/s1. The van der Waals surface area contributed by atoms with Crippen LogP contribution in [0.1, 0.15) is 24.2 Å². The molecule has 1 N–H and O–H groups in total. The van der Waals surface area contributed by atoms with E-state index >= 15 is 0 Å². The third-order valence-electron chi connectivity index (χ3n) is 3.12. The van der Waals surface area contributed by atoms with Crippen molar-refractivity contribution in [1.82, 2.24) is 4.90 Å². The minimum absolute atomic E-state index is 0.126.